The number of benzene rings is 1. The van der Waals surface area contributed by atoms with Crippen LogP contribution in [0.15, 0.2) is 30.3 Å². The predicted molar refractivity (Wildman–Crippen MR) is 59.4 cm³/mol. The van der Waals surface area contributed by atoms with Crippen molar-refractivity contribution in [3.63, 3.8) is 0 Å². The number of hydrogen-bond acceptors (Lipinski definition) is 2. The molecular formula is C12H16N2O. The molecule has 3 nitrogen and oxygen atoms in total. The van der Waals surface area contributed by atoms with Crippen molar-refractivity contribution in [1.82, 2.24) is 5.32 Å². The van der Waals surface area contributed by atoms with Crippen LogP contribution in [0, 0.1) is 5.92 Å². The van der Waals surface area contributed by atoms with E-state index in [1.54, 1.807) is 0 Å². The van der Waals surface area contributed by atoms with E-state index in [-0.39, 0.29) is 11.8 Å². The molecule has 3 N–H and O–H groups in total. The number of amides is 1. The SMILES string of the molecule is NC(=O)[C@H]1CNC[C@@H](c2ccccc2)C1. The van der Waals surface area contributed by atoms with Gasteiger partial charge in [0, 0.05) is 13.1 Å². The van der Waals surface area contributed by atoms with Crippen LogP contribution >= 0.6 is 0 Å². The summed E-state index contributed by atoms with van der Waals surface area (Å²) in [5.41, 5.74) is 6.62. The lowest BCUT2D eigenvalue weighted by Crippen LogP contribution is -2.41. The molecule has 2 rings (SSSR count). The molecule has 1 aromatic carbocycles. The van der Waals surface area contributed by atoms with Gasteiger partial charge in [-0.05, 0) is 17.9 Å². The Morgan fingerprint density at radius 1 is 1.27 bits per heavy atom. The highest BCUT2D eigenvalue weighted by atomic mass is 16.1. The highest BCUT2D eigenvalue weighted by molar-refractivity contribution is 5.77. The number of nitrogens with one attached hydrogen (secondary N) is 1. The zero-order chi connectivity index (χ0) is 10.7. The molecule has 0 spiro atoms. The number of rotatable bonds is 2. The van der Waals surface area contributed by atoms with E-state index in [4.69, 9.17) is 5.73 Å². The second-order valence-corrected chi connectivity index (χ2v) is 4.10. The summed E-state index contributed by atoms with van der Waals surface area (Å²) >= 11 is 0. The molecule has 0 aromatic heterocycles. The van der Waals surface area contributed by atoms with E-state index >= 15 is 0 Å². The summed E-state index contributed by atoms with van der Waals surface area (Å²) in [7, 11) is 0. The largest absolute Gasteiger partial charge is 0.369 e. The van der Waals surface area contributed by atoms with E-state index in [1.807, 2.05) is 18.2 Å². The standard InChI is InChI=1S/C12H16N2O/c13-12(15)11-6-10(7-14-8-11)9-4-2-1-3-5-9/h1-5,10-11,14H,6-8H2,(H2,13,15)/t10-,11+/m0/s1. The van der Waals surface area contributed by atoms with Crippen LogP contribution in [0.25, 0.3) is 0 Å². The van der Waals surface area contributed by atoms with Crippen LogP contribution in [0.5, 0.6) is 0 Å². The van der Waals surface area contributed by atoms with Crippen molar-refractivity contribution in [3.8, 4) is 0 Å². The van der Waals surface area contributed by atoms with E-state index in [1.165, 1.54) is 5.56 Å². The van der Waals surface area contributed by atoms with Gasteiger partial charge < -0.3 is 11.1 Å². The van der Waals surface area contributed by atoms with Gasteiger partial charge in [0.25, 0.3) is 0 Å². The number of primary amides is 1. The Bertz CT molecular complexity index is 337. The van der Waals surface area contributed by atoms with Crippen molar-refractivity contribution in [1.29, 1.82) is 0 Å². The molecule has 15 heavy (non-hydrogen) atoms. The molecule has 1 aliphatic rings. The Kier molecular flexibility index (Phi) is 3.02. The van der Waals surface area contributed by atoms with Crippen molar-refractivity contribution in [2.45, 2.75) is 12.3 Å². The first kappa shape index (κ1) is 10.2. The number of piperidine rings is 1. The van der Waals surface area contributed by atoms with E-state index in [9.17, 15) is 4.79 Å². The molecule has 0 radical (unpaired) electrons. The van der Waals surface area contributed by atoms with Crippen molar-refractivity contribution in [3.05, 3.63) is 35.9 Å². The summed E-state index contributed by atoms with van der Waals surface area (Å²) in [5, 5.41) is 3.26. The number of carbonyl (C=O) groups is 1. The molecular weight excluding hydrogens is 188 g/mol. The van der Waals surface area contributed by atoms with E-state index in [0.29, 0.717) is 5.92 Å². The summed E-state index contributed by atoms with van der Waals surface area (Å²) in [4.78, 5) is 11.1. The molecule has 3 heteroatoms. The second-order valence-electron chi connectivity index (χ2n) is 4.10. The second kappa shape index (κ2) is 4.45. The number of hydrogen-bond donors (Lipinski definition) is 2. The molecule has 1 fully saturated rings. The van der Waals surface area contributed by atoms with Crippen molar-refractivity contribution < 1.29 is 4.79 Å². The maximum Gasteiger partial charge on any atom is 0.221 e. The first-order valence-corrected chi connectivity index (χ1v) is 5.32. The molecule has 1 saturated heterocycles. The number of carbonyl (C=O) groups excluding carboxylic acids is 1. The third kappa shape index (κ3) is 2.36. The van der Waals surface area contributed by atoms with Crippen LogP contribution in [0.3, 0.4) is 0 Å². The van der Waals surface area contributed by atoms with Gasteiger partial charge in [0.2, 0.25) is 5.91 Å². The third-order valence-electron chi connectivity index (χ3n) is 3.02. The lowest BCUT2D eigenvalue weighted by Gasteiger charge is -2.28. The highest BCUT2D eigenvalue weighted by Gasteiger charge is 2.25. The Balaban J connectivity index is 2.08. The molecule has 0 aliphatic carbocycles. The maximum absolute atomic E-state index is 11.1. The summed E-state index contributed by atoms with van der Waals surface area (Å²) in [5.74, 6) is 0.199. The zero-order valence-corrected chi connectivity index (χ0v) is 8.65. The third-order valence-corrected chi connectivity index (χ3v) is 3.02. The normalized spacial score (nSPS) is 26.1. The molecule has 0 unspecified atom stereocenters. The predicted octanol–water partition coefficient (Wildman–Crippen LogP) is 0.865. The van der Waals surface area contributed by atoms with Gasteiger partial charge in [-0.3, -0.25) is 4.79 Å². The fraction of sp³-hybridized carbons (Fsp3) is 0.417. The van der Waals surface area contributed by atoms with Gasteiger partial charge >= 0.3 is 0 Å². The minimum absolute atomic E-state index is 0.0241. The van der Waals surface area contributed by atoms with Gasteiger partial charge in [0.15, 0.2) is 0 Å². The van der Waals surface area contributed by atoms with Crippen LogP contribution < -0.4 is 11.1 Å². The topological polar surface area (TPSA) is 55.1 Å². The maximum atomic E-state index is 11.1. The lowest BCUT2D eigenvalue weighted by atomic mass is 9.85. The summed E-state index contributed by atoms with van der Waals surface area (Å²) < 4.78 is 0. The summed E-state index contributed by atoms with van der Waals surface area (Å²) in [6.07, 6.45) is 0.867. The van der Waals surface area contributed by atoms with Gasteiger partial charge in [-0.25, -0.2) is 0 Å². The highest BCUT2D eigenvalue weighted by Crippen LogP contribution is 2.25. The Labute approximate surface area is 89.7 Å². The average molecular weight is 204 g/mol. The van der Waals surface area contributed by atoms with Crippen LogP contribution in [-0.4, -0.2) is 19.0 Å². The Morgan fingerprint density at radius 3 is 2.67 bits per heavy atom. The Hall–Kier alpha value is -1.35. The van der Waals surface area contributed by atoms with Crippen LogP contribution in [0.2, 0.25) is 0 Å². The van der Waals surface area contributed by atoms with E-state index in [0.717, 1.165) is 19.5 Å². The molecule has 1 amide bonds. The quantitative estimate of drug-likeness (QED) is 0.751. The van der Waals surface area contributed by atoms with Crippen molar-refractivity contribution >= 4 is 5.91 Å². The molecule has 0 saturated carbocycles. The average Bonchev–Trinajstić information content (AvgIpc) is 2.30. The lowest BCUT2D eigenvalue weighted by molar-refractivity contribution is -0.122. The monoisotopic (exact) mass is 204 g/mol. The van der Waals surface area contributed by atoms with Gasteiger partial charge in [-0.15, -0.1) is 0 Å². The van der Waals surface area contributed by atoms with Crippen molar-refractivity contribution in [2.24, 2.45) is 11.7 Å². The van der Waals surface area contributed by atoms with E-state index in [2.05, 4.69) is 17.4 Å². The summed E-state index contributed by atoms with van der Waals surface area (Å²) in [6.45, 7) is 1.66. The van der Waals surface area contributed by atoms with Crippen LogP contribution in [-0.2, 0) is 4.79 Å². The Morgan fingerprint density at radius 2 is 2.00 bits per heavy atom. The van der Waals surface area contributed by atoms with Crippen LogP contribution in [0.1, 0.15) is 17.9 Å². The molecule has 1 heterocycles. The molecule has 2 atom stereocenters. The van der Waals surface area contributed by atoms with Gasteiger partial charge in [-0.1, -0.05) is 30.3 Å². The zero-order valence-electron chi connectivity index (χ0n) is 8.65. The first-order valence-electron chi connectivity index (χ1n) is 5.32. The number of nitrogens with two attached hydrogens (primary N) is 1. The first-order chi connectivity index (χ1) is 7.27. The molecule has 1 aliphatic heterocycles. The minimum Gasteiger partial charge on any atom is -0.369 e. The van der Waals surface area contributed by atoms with Gasteiger partial charge in [-0.2, -0.15) is 0 Å². The molecule has 0 bridgehead atoms. The van der Waals surface area contributed by atoms with Gasteiger partial charge in [0.05, 0.1) is 5.92 Å². The fourth-order valence-electron chi connectivity index (χ4n) is 2.14. The van der Waals surface area contributed by atoms with Gasteiger partial charge in [0.1, 0.15) is 0 Å². The van der Waals surface area contributed by atoms with E-state index < -0.39 is 0 Å². The fourth-order valence-corrected chi connectivity index (χ4v) is 2.14. The summed E-state index contributed by atoms with van der Waals surface area (Å²) in [6, 6.07) is 10.3. The smallest absolute Gasteiger partial charge is 0.221 e. The molecule has 1 aromatic rings. The van der Waals surface area contributed by atoms with Crippen molar-refractivity contribution in [2.75, 3.05) is 13.1 Å². The van der Waals surface area contributed by atoms with Crippen LogP contribution in [0.4, 0.5) is 0 Å². The molecule has 80 valence electrons. The minimum atomic E-state index is -0.192.